The summed E-state index contributed by atoms with van der Waals surface area (Å²) in [7, 11) is 1.58. The first kappa shape index (κ1) is 19.3. The number of rotatable bonds is 8. The van der Waals surface area contributed by atoms with Crippen LogP contribution in [0, 0.1) is 0 Å². The fourth-order valence-electron chi connectivity index (χ4n) is 2.21. The first-order chi connectivity index (χ1) is 12.5. The molecule has 0 heterocycles. The Morgan fingerprint density at radius 1 is 1.15 bits per heavy atom. The highest BCUT2D eigenvalue weighted by atomic mass is 16.5. The van der Waals surface area contributed by atoms with Gasteiger partial charge >= 0.3 is 0 Å². The lowest BCUT2D eigenvalue weighted by atomic mass is 10.2. The van der Waals surface area contributed by atoms with E-state index in [0.717, 1.165) is 11.3 Å². The number of hydrazone groups is 1. The molecule has 0 radical (unpaired) electrons. The van der Waals surface area contributed by atoms with Gasteiger partial charge in [-0.25, -0.2) is 5.43 Å². The number of methoxy groups -OCH3 is 1. The minimum Gasteiger partial charge on any atom is -0.494 e. The molecule has 1 amide bonds. The van der Waals surface area contributed by atoms with Crippen molar-refractivity contribution in [1.82, 2.24) is 5.43 Å². The minimum atomic E-state index is -0.295. The van der Waals surface area contributed by atoms with Gasteiger partial charge in [0, 0.05) is 5.56 Å². The van der Waals surface area contributed by atoms with E-state index in [-0.39, 0.29) is 12.0 Å². The van der Waals surface area contributed by atoms with E-state index >= 15 is 0 Å². The number of amides is 1. The van der Waals surface area contributed by atoms with Crippen molar-refractivity contribution in [2.24, 2.45) is 5.10 Å². The van der Waals surface area contributed by atoms with Gasteiger partial charge in [0.05, 0.1) is 26.0 Å². The maximum absolute atomic E-state index is 12.1. The van der Waals surface area contributed by atoms with Crippen molar-refractivity contribution in [2.75, 3.05) is 13.7 Å². The molecule has 0 spiro atoms. The van der Waals surface area contributed by atoms with Crippen LogP contribution in [0.4, 0.5) is 0 Å². The molecule has 0 saturated heterocycles. The summed E-state index contributed by atoms with van der Waals surface area (Å²) in [6.07, 6.45) is 1.60. The molecule has 2 aromatic carbocycles. The Bertz CT molecular complexity index is 755. The van der Waals surface area contributed by atoms with Gasteiger partial charge in [-0.1, -0.05) is 0 Å². The molecule has 0 bridgehead atoms. The van der Waals surface area contributed by atoms with E-state index in [1.54, 1.807) is 43.7 Å². The Hall–Kier alpha value is -3.02. The zero-order valence-electron chi connectivity index (χ0n) is 15.5. The molecule has 26 heavy (non-hydrogen) atoms. The van der Waals surface area contributed by atoms with Crippen molar-refractivity contribution >= 4 is 12.1 Å². The van der Waals surface area contributed by atoms with E-state index in [1.807, 2.05) is 32.9 Å². The van der Waals surface area contributed by atoms with Crippen LogP contribution in [0.3, 0.4) is 0 Å². The Labute approximate surface area is 153 Å². The highest BCUT2D eigenvalue weighted by Gasteiger charge is 2.07. The van der Waals surface area contributed by atoms with Crippen LogP contribution in [0.1, 0.15) is 36.7 Å². The number of carbonyl (C=O) groups is 1. The number of carbonyl (C=O) groups excluding carboxylic acids is 1. The Balaban J connectivity index is 1.99. The van der Waals surface area contributed by atoms with E-state index in [2.05, 4.69) is 10.5 Å². The van der Waals surface area contributed by atoms with Crippen molar-refractivity contribution in [2.45, 2.75) is 26.9 Å². The number of nitrogens with one attached hydrogen (secondary N) is 1. The van der Waals surface area contributed by atoms with Crippen molar-refractivity contribution in [3.63, 3.8) is 0 Å². The fraction of sp³-hybridized carbons (Fsp3) is 0.300. The van der Waals surface area contributed by atoms with Crippen LogP contribution in [0.5, 0.6) is 17.2 Å². The largest absolute Gasteiger partial charge is 0.494 e. The summed E-state index contributed by atoms with van der Waals surface area (Å²) in [6, 6.07) is 12.3. The van der Waals surface area contributed by atoms with Gasteiger partial charge in [0.15, 0.2) is 11.5 Å². The van der Waals surface area contributed by atoms with Crippen LogP contribution in [0.25, 0.3) is 0 Å². The predicted molar refractivity (Wildman–Crippen MR) is 101 cm³/mol. The molecule has 0 aliphatic carbocycles. The van der Waals surface area contributed by atoms with Gasteiger partial charge in [0.2, 0.25) is 0 Å². The first-order valence-corrected chi connectivity index (χ1v) is 8.44. The summed E-state index contributed by atoms with van der Waals surface area (Å²) in [5.41, 5.74) is 3.79. The molecule has 138 valence electrons. The zero-order valence-corrected chi connectivity index (χ0v) is 15.5. The van der Waals surface area contributed by atoms with Gasteiger partial charge in [0.25, 0.3) is 5.91 Å². The van der Waals surface area contributed by atoms with Crippen molar-refractivity contribution < 1.29 is 19.0 Å². The summed E-state index contributed by atoms with van der Waals surface area (Å²) in [5, 5.41) is 3.99. The Morgan fingerprint density at radius 3 is 2.50 bits per heavy atom. The third-order valence-corrected chi connectivity index (χ3v) is 3.36. The summed E-state index contributed by atoms with van der Waals surface area (Å²) >= 11 is 0. The second kappa shape index (κ2) is 9.46. The van der Waals surface area contributed by atoms with Crippen LogP contribution < -0.4 is 19.6 Å². The van der Waals surface area contributed by atoms with E-state index in [1.165, 1.54) is 0 Å². The number of ether oxygens (including phenoxy) is 3. The third kappa shape index (κ3) is 5.51. The molecule has 0 aliphatic rings. The van der Waals surface area contributed by atoms with Gasteiger partial charge in [-0.05, 0) is 68.8 Å². The molecule has 0 aromatic heterocycles. The summed E-state index contributed by atoms with van der Waals surface area (Å²) in [4.78, 5) is 12.1. The molecular weight excluding hydrogens is 332 g/mol. The topological polar surface area (TPSA) is 69.2 Å². The summed E-state index contributed by atoms with van der Waals surface area (Å²) in [6.45, 7) is 6.39. The van der Waals surface area contributed by atoms with Crippen LogP contribution in [-0.2, 0) is 0 Å². The summed E-state index contributed by atoms with van der Waals surface area (Å²) in [5.74, 6) is 1.71. The third-order valence-electron chi connectivity index (χ3n) is 3.36. The molecule has 6 nitrogen and oxygen atoms in total. The number of hydrogen-bond acceptors (Lipinski definition) is 5. The zero-order chi connectivity index (χ0) is 18.9. The Morgan fingerprint density at radius 2 is 1.88 bits per heavy atom. The number of nitrogens with zero attached hydrogens (tertiary/aromatic N) is 1. The van der Waals surface area contributed by atoms with Gasteiger partial charge in [-0.2, -0.15) is 5.10 Å². The molecule has 0 unspecified atom stereocenters. The monoisotopic (exact) mass is 356 g/mol. The van der Waals surface area contributed by atoms with Gasteiger partial charge in [-0.3, -0.25) is 4.79 Å². The van der Waals surface area contributed by atoms with Crippen LogP contribution in [-0.4, -0.2) is 31.9 Å². The normalized spacial score (nSPS) is 10.8. The SMILES string of the molecule is CCOc1ccc(C(=O)N/N=C/c2ccc(OC(C)C)c(OC)c2)cc1. The lowest BCUT2D eigenvalue weighted by Crippen LogP contribution is -2.17. The van der Waals surface area contributed by atoms with Crippen molar-refractivity contribution in [1.29, 1.82) is 0 Å². The Kier molecular flexibility index (Phi) is 7.02. The molecule has 0 fully saturated rings. The molecule has 0 atom stereocenters. The summed E-state index contributed by atoms with van der Waals surface area (Å²) < 4.78 is 16.3. The van der Waals surface area contributed by atoms with Crippen LogP contribution >= 0.6 is 0 Å². The van der Waals surface area contributed by atoms with Gasteiger partial charge < -0.3 is 14.2 Å². The molecule has 2 rings (SSSR count). The lowest BCUT2D eigenvalue weighted by Gasteiger charge is -2.13. The molecule has 1 N–H and O–H groups in total. The second-order valence-corrected chi connectivity index (χ2v) is 5.73. The van der Waals surface area contributed by atoms with E-state index in [0.29, 0.717) is 23.7 Å². The lowest BCUT2D eigenvalue weighted by molar-refractivity contribution is 0.0955. The van der Waals surface area contributed by atoms with Gasteiger partial charge in [0.1, 0.15) is 5.75 Å². The van der Waals surface area contributed by atoms with E-state index in [4.69, 9.17) is 14.2 Å². The highest BCUT2D eigenvalue weighted by molar-refractivity contribution is 5.95. The molecule has 0 saturated carbocycles. The molecule has 6 heteroatoms. The minimum absolute atomic E-state index is 0.0526. The average molecular weight is 356 g/mol. The predicted octanol–water partition coefficient (Wildman–Crippen LogP) is 3.65. The van der Waals surface area contributed by atoms with Crippen LogP contribution in [0.2, 0.25) is 0 Å². The van der Waals surface area contributed by atoms with Gasteiger partial charge in [-0.15, -0.1) is 0 Å². The first-order valence-electron chi connectivity index (χ1n) is 8.44. The quantitative estimate of drug-likeness (QED) is 0.579. The van der Waals surface area contributed by atoms with E-state index < -0.39 is 0 Å². The van der Waals surface area contributed by atoms with Crippen molar-refractivity contribution in [3.8, 4) is 17.2 Å². The van der Waals surface area contributed by atoms with Crippen LogP contribution in [0.15, 0.2) is 47.6 Å². The molecular formula is C20H24N2O4. The average Bonchev–Trinajstić information content (AvgIpc) is 2.63. The number of benzene rings is 2. The highest BCUT2D eigenvalue weighted by Crippen LogP contribution is 2.28. The standard InChI is InChI=1S/C20H24N2O4/c1-5-25-17-9-7-16(8-10-17)20(23)22-21-13-15-6-11-18(26-14(2)3)19(12-15)24-4/h6-14H,5H2,1-4H3,(H,22,23)/b21-13+. The molecule has 2 aromatic rings. The second-order valence-electron chi connectivity index (χ2n) is 5.73. The van der Waals surface area contributed by atoms with Crippen molar-refractivity contribution in [3.05, 3.63) is 53.6 Å². The fourth-order valence-corrected chi connectivity index (χ4v) is 2.21. The maximum Gasteiger partial charge on any atom is 0.271 e. The maximum atomic E-state index is 12.1. The smallest absolute Gasteiger partial charge is 0.271 e. The molecule has 0 aliphatic heterocycles. The van der Waals surface area contributed by atoms with E-state index in [9.17, 15) is 4.79 Å². The number of hydrogen-bond donors (Lipinski definition) is 1.